The maximum Gasteiger partial charge on any atom is 0.409 e. The van der Waals surface area contributed by atoms with E-state index in [2.05, 4.69) is 5.32 Å². The van der Waals surface area contributed by atoms with Gasteiger partial charge in [-0.2, -0.15) is 4.31 Å². The maximum absolute atomic E-state index is 12.9. The van der Waals surface area contributed by atoms with Gasteiger partial charge in [0.25, 0.3) is 11.8 Å². The number of hydrogen-bond acceptors (Lipinski definition) is 7. The number of methoxy groups -OCH3 is 1. The molecule has 1 aromatic heterocycles. The van der Waals surface area contributed by atoms with Crippen LogP contribution < -0.4 is 11.1 Å². The van der Waals surface area contributed by atoms with Crippen LogP contribution in [-0.4, -0.2) is 62.3 Å². The van der Waals surface area contributed by atoms with E-state index >= 15 is 0 Å². The SMILES string of the molecule is CCCCN(CC)S(=O)(=O)c1ccc(C(=O)Nc2sc3c(c2C(N)=O)CCN(C(=O)OC)C3)cc1. The molecule has 0 unspecified atom stereocenters. The molecular weight excluding hydrogens is 492 g/mol. The van der Waals surface area contributed by atoms with Crippen LogP contribution >= 0.6 is 11.3 Å². The number of rotatable bonds is 9. The lowest BCUT2D eigenvalue weighted by atomic mass is 10.0. The Morgan fingerprint density at radius 2 is 1.89 bits per heavy atom. The molecule has 1 aliphatic heterocycles. The predicted molar refractivity (Wildman–Crippen MR) is 133 cm³/mol. The summed E-state index contributed by atoms with van der Waals surface area (Å²) in [7, 11) is -2.36. The minimum absolute atomic E-state index is 0.110. The van der Waals surface area contributed by atoms with E-state index in [1.807, 2.05) is 6.92 Å². The van der Waals surface area contributed by atoms with Gasteiger partial charge in [-0.25, -0.2) is 13.2 Å². The Morgan fingerprint density at radius 3 is 2.46 bits per heavy atom. The summed E-state index contributed by atoms with van der Waals surface area (Å²) in [6.07, 6.45) is 1.58. The average molecular weight is 523 g/mol. The zero-order valence-electron chi connectivity index (χ0n) is 20.0. The molecule has 12 heteroatoms. The van der Waals surface area contributed by atoms with Crippen LogP contribution in [0.4, 0.5) is 9.80 Å². The Kier molecular flexibility index (Phi) is 8.51. The van der Waals surface area contributed by atoms with Gasteiger partial charge in [0.1, 0.15) is 5.00 Å². The second-order valence-electron chi connectivity index (χ2n) is 8.04. The van der Waals surface area contributed by atoms with Gasteiger partial charge < -0.3 is 20.7 Å². The number of carbonyl (C=O) groups excluding carboxylic acids is 3. The molecule has 0 saturated heterocycles. The summed E-state index contributed by atoms with van der Waals surface area (Å²) in [6, 6.07) is 5.68. The molecule has 0 atom stereocenters. The monoisotopic (exact) mass is 522 g/mol. The van der Waals surface area contributed by atoms with E-state index in [4.69, 9.17) is 10.5 Å². The van der Waals surface area contributed by atoms with Crippen LogP contribution in [0.5, 0.6) is 0 Å². The highest BCUT2D eigenvalue weighted by Crippen LogP contribution is 2.37. The first-order valence-corrected chi connectivity index (χ1v) is 13.6. The molecule has 10 nitrogen and oxygen atoms in total. The van der Waals surface area contributed by atoms with Gasteiger partial charge in [-0.3, -0.25) is 9.59 Å². The first kappa shape index (κ1) is 26.6. The van der Waals surface area contributed by atoms with E-state index in [1.165, 1.54) is 51.9 Å². The van der Waals surface area contributed by atoms with Gasteiger partial charge in [0.2, 0.25) is 10.0 Å². The van der Waals surface area contributed by atoms with E-state index in [9.17, 15) is 22.8 Å². The summed E-state index contributed by atoms with van der Waals surface area (Å²) in [5, 5.41) is 3.03. The van der Waals surface area contributed by atoms with Crippen LogP contribution in [0.2, 0.25) is 0 Å². The fourth-order valence-electron chi connectivity index (χ4n) is 3.92. The number of sulfonamides is 1. The second kappa shape index (κ2) is 11.2. The molecule has 2 aromatic rings. The molecule has 0 fully saturated rings. The second-order valence-corrected chi connectivity index (χ2v) is 11.1. The maximum atomic E-state index is 12.9. The highest BCUT2D eigenvalue weighted by molar-refractivity contribution is 7.89. The van der Waals surface area contributed by atoms with Gasteiger partial charge >= 0.3 is 6.09 Å². The summed E-state index contributed by atoms with van der Waals surface area (Å²) in [5.74, 6) is -1.17. The third kappa shape index (κ3) is 5.65. The normalized spacial score (nSPS) is 13.4. The number of fused-ring (bicyclic) bond motifs is 1. The standard InChI is InChI=1S/C23H30N4O6S2/c1-4-6-12-27(5-2)35(31,32)16-9-7-15(8-10-16)21(29)25-22-19(20(24)28)17-11-13-26(23(30)33-3)14-18(17)34-22/h7-10H,4-6,11-14H2,1-3H3,(H2,24,28)(H,25,29). The molecule has 0 spiro atoms. The molecule has 1 aliphatic rings. The molecule has 3 rings (SSSR count). The molecule has 190 valence electrons. The summed E-state index contributed by atoms with van der Waals surface area (Å²) in [4.78, 5) is 39.3. The van der Waals surface area contributed by atoms with Crippen LogP contribution in [-0.2, 0) is 27.7 Å². The van der Waals surface area contributed by atoms with E-state index in [1.54, 1.807) is 6.92 Å². The number of nitrogens with one attached hydrogen (secondary N) is 1. The molecule has 0 saturated carbocycles. The van der Waals surface area contributed by atoms with Crippen molar-refractivity contribution in [3.63, 3.8) is 0 Å². The summed E-state index contributed by atoms with van der Waals surface area (Å²) in [6.45, 7) is 5.20. The Hall–Kier alpha value is -2.96. The molecule has 1 aromatic carbocycles. The highest BCUT2D eigenvalue weighted by Gasteiger charge is 2.30. The van der Waals surface area contributed by atoms with Gasteiger partial charge in [0.15, 0.2) is 0 Å². The predicted octanol–water partition coefficient (Wildman–Crippen LogP) is 3.03. The zero-order chi connectivity index (χ0) is 25.8. The van der Waals surface area contributed by atoms with Crippen molar-refractivity contribution in [3.8, 4) is 0 Å². The van der Waals surface area contributed by atoms with Crippen molar-refractivity contribution in [1.29, 1.82) is 0 Å². The number of unbranched alkanes of at least 4 members (excludes halogenated alkanes) is 1. The molecule has 3 N–H and O–H groups in total. The summed E-state index contributed by atoms with van der Waals surface area (Å²) >= 11 is 1.18. The lowest BCUT2D eigenvalue weighted by Gasteiger charge is -2.25. The third-order valence-corrected chi connectivity index (χ3v) is 8.95. The minimum atomic E-state index is -3.66. The van der Waals surface area contributed by atoms with Crippen molar-refractivity contribution in [2.45, 2.75) is 44.6 Å². The Bertz CT molecular complexity index is 1210. The first-order chi connectivity index (χ1) is 16.6. The van der Waals surface area contributed by atoms with Crippen LogP contribution in [0.25, 0.3) is 0 Å². The van der Waals surface area contributed by atoms with Crippen LogP contribution in [0.3, 0.4) is 0 Å². The summed E-state index contributed by atoms with van der Waals surface area (Å²) in [5.41, 5.74) is 6.78. The van der Waals surface area contributed by atoms with Gasteiger partial charge in [0, 0.05) is 30.1 Å². The third-order valence-electron chi connectivity index (χ3n) is 5.83. The van der Waals surface area contributed by atoms with E-state index in [-0.39, 0.29) is 22.6 Å². The molecule has 0 radical (unpaired) electrons. The summed E-state index contributed by atoms with van der Waals surface area (Å²) < 4.78 is 32.0. The molecular formula is C23H30N4O6S2. The number of nitrogens with zero attached hydrogens (tertiary/aromatic N) is 2. The van der Waals surface area contributed by atoms with E-state index < -0.39 is 27.9 Å². The first-order valence-electron chi connectivity index (χ1n) is 11.3. The van der Waals surface area contributed by atoms with Crippen molar-refractivity contribution >= 4 is 44.3 Å². The Morgan fingerprint density at radius 1 is 1.20 bits per heavy atom. The van der Waals surface area contributed by atoms with Gasteiger partial charge in [-0.1, -0.05) is 20.3 Å². The van der Waals surface area contributed by atoms with Crippen LogP contribution in [0.1, 0.15) is 57.8 Å². The lowest BCUT2D eigenvalue weighted by molar-refractivity contribution is 0.0999. The average Bonchev–Trinajstić information content (AvgIpc) is 3.21. The molecule has 2 heterocycles. The number of carbonyl (C=O) groups is 3. The van der Waals surface area contributed by atoms with Crippen LogP contribution in [0, 0.1) is 0 Å². The number of nitrogens with two attached hydrogens (primary N) is 1. The number of amides is 3. The molecule has 35 heavy (non-hydrogen) atoms. The number of hydrogen-bond donors (Lipinski definition) is 2. The number of thiophene rings is 1. The topological polar surface area (TPSA) is 139 Å². The minimum Gasteiger partial charge on any atom is -0.453 e. The molecule has 0 aliphatic carbocycles. The number of anilines is 1. The Balaban J connectivity index is 1.81. The van der Waals surface area contributed by atoms with Gasteiger partial charge in [-0.05, 0) is 42.7 Å². The number of ether oxygens (including phenoxy) is 1. The number of benzene rings is 1. The largest absolute Gasteiger partial charge is 0.453 e. The fraction of sp³-hybridized carbons (Fsp3) is 0.435. The Labute approximate surface area is 209 Å². The smallest absolute Gasteiger partial charge is 0.409 e. The molecule has 3 amide bonds. The van der Waals surface area contributed by atoms with Crippen molar-refractivity contribution in [3.05, 3.63) is 45.8 Å². The highest BCUT2D eigenvalue weighted by atomic mass is 32.2. The van der Waals surface area contributed by atoms with Crippen molar-refractivity contribution in [2.24, 2.45) is 5.73 Å². The number of primary amides is 1. The van der Waals surface area contributed by atoms with Crippen molar-refractivity contribution < 1.29 is 27.5 Å². The van der Waals surface area contributed by atoms with Crippen molar-refractivity contribution in [1.82, 2.24) is 9.21 Å². The lowest BCUT2D eigenvalue weighted by Crippen LogP contribution is -2.35. The quantitative estimate of drug-likeness (QED) is 0.519. The molecule has 0 bridgehead atoms. The zero-order valence-corrected chi connectivity index (χ0v) is 21.6. The van der Waals surface area contributed by atoms with E-state index in [0.29, 0.717) is 36.6 Å². The van der Waals surface area contributed by atoms with Crippen molar-refractivity contribution in [2.75, 3.05) is 32.1 Å². The fourth-order valence-corrected chi connectivity index (χ4v) is 6.67. The van der Waals surface area contributed by atoms with E-state index in [0.717, 1.165) is 17.7 Å². The van der Waals surface area contributed by atoms with Gasteiger partial charge in [0.05, 0.1) is 24.1 Å². The van der Waals surface area contributed by atoms with Gasteiger partial charge in [-0.15, -0.1) is 11.3 Å². The van der Waals surface area contributed by atoms with Crippen LogP contribution in [0.15, 0.2) is 29.2 Å².